The van der Waals surface area contributed by atoms with E-state index in [1.54, 1.807) is 29.8 Å². The van der Waals surface area contributed by atoms with Gasteiger partial charge >= 0.3 is 0 Å². The van der Waals surface area contributed by atoms with Crippen LogP contribution in [0.25, 0.3) is 10.9 Å². The summed E-state index contributed by atoms with van der Waals surface area (Å²) in [5, 5.41) is 1.09. The van der Waals surface area contributed by atoms with Crippen LogP contribution in [-0.2, 0) is 23.5 Å². The lowest BCUT2D eigenvalue weighted by molar-refractivity contribution is 0.189. The molecule has 31 heavy (non-hydrogen) atoms. The first-order chi connectivity index (χ1) is 14.8. The normalized spacial score (nSPS) is 16.1. The van der Waals surface area contributed by atoms with Crippen LogP contribution in [0, 0.1) is 0 Å². The van der Waals surface area contributed by atoms with Crippen LogP contribution in [0.1, 0.15) is 5.82 Å². The molecule has 0 aliphatic carbocycles. The van der Waals surface area contributed by atoms with E-state index in [2.05, 4.69) is 25.8 Å². The number of halogens is 2. The van der Waals surface area contributed by atoms with Crippen molar-refractivity contribution >= 4 is 48.5 Å². The lowest BCUT2D eigenvalue weighted by atomic mass is 10.2. The monoisotopic (exact) mass is 524 g/mol. The van der Waals surface area contributed by atoms with Crippen LogP contribution in [0.4, 0.5) is 0 Å². The summed E-state index contributed by atoms with van der Waals surface area (Å²) in [7, 11) is -1.79. The minimum Gasteiger partial charge on any atom is -0.300 e. The van der Waals surface area contributed by atoms with Crippen molar-refractivity contribution < 1.29 is 8.42 Å². The highest BCUT2D eigenvalue weighted by Crippen LogP contribution is 2.20. The van der Waals surface area contributed by atoms with Gasteiger partial charge in [-0.15, -0.1) is 0 Å². The van der Waals surface area contributed by atoms with Crippen molar-refractivity contribution in [3.05, 3.63) is 68.1 Å². The van der Waals surface area contributed by atoms with Gasteiger partial charge in [0.1, 0.15) is 5.82 Å². The lowest BCUT2D eigenvalue weighted by Crippen LogP contribution is -2.49. The van der Waals surface area contributed by atoms with Gasteiger partial charge in [-0.3, -0.25) is 9.36 Å². The molecule has 0 unspecified atom stereocenters. The number of piperazine rings is 1. The zero-order valence-corrected chi connectivity index (χ0v) is 20.1. The van der Waals surface area contributed by atoms with Crippen molar-refractivity contribution in [2.75, 3.05) is 32.7 Å². The summed E-state index contributed by atoms with van der Waals surface area (Å²) >= 11 is 9.26. The van der Waals surface area contributed by atoms with Gasteiger partial charge in [0.25, 0.3) is 5.56 Å². The number of fused-ring (bicyclic) bond motifs is 1. The van der Waals surface area contributed by atoms with Crippen LogP contribution in [-0.4, -0.2) is 59.9 Å². The van der Waals surface area contributed by atoms with Crippen molar-refractivity contribution in [3.63, 3.8) is 0 Å². The molecule has 3 aromatic rings. The van der Waals surface area contributed by atoms with E-state index < -0.39 is 10.0 Å². The average molecular weight is 526 g/mol. The van der Waals surface area contributed by atoms with Gasteiger partial charge in [-0.1, -0.05) is 27.5 Å². The summed E-state index contributed by atoms with van der Waals surface area (Å²) in [6, 6.07) is 11.7. The Hall–Kier alpha value is -1.78. The number of sulfonamides is 1. The first-order valence-electron chi connectivity index (χ1n) is 9.89. The Morgan fingerprint density at radius 2 is 1.74 bits per heavy atom. The van der Waals surface area contributed by atoms with E-state index in [0.29, 0.717) is 55.1 Å². The van der Waals surface area contributed by atoms with Gasteiger partial charge in [0.05, 0.1) is 15.8 Å². The molecular formula is C21H22BrClN4O3S. The van der Waals surface area contributed by atoms with Crippen LogP contribution < -0.4 is 5.56 Å². The third-order valence-corrected chi connectivity index (χ3v) is 8.22. The lowest BCUT2D eigenvalue weighted by Gasteiger charge is -2.34. The Bertz CT molecular complexity index is 1270. The molecule has 164 valence electrons. The highest BCUT2D eigenvalue weighted by molar-refractivity contribution is 9.10. The Balaban J connectivity index is 1.41. The maximum atomic E-state index is 12.8. The topological polar surface area (TPSA) is 75.5 Å². The van der Waals surface area contributed by atoms with Crippen LogP contribution in [0.2, 0.25) is 5.02 Å². The smallest absolute Gasteiger partial charge is 0.261 e. The summed E-state index contributed by atoms with van der Waals surface area (Å²) in [5.41, 5.74) is 0.611. The largest absolute Gasteiger partial charge is 0.300 e. The molecule has 0 atom stereocenters. The molecule has 0 radical (unpaired) electrons. The fourth-order valence-corrected chi connectivity index (χ4v) is 5.63. The zero-order valence-electron chi connectivity index (χ0n) is 17.0. The van der Waals surface area contributed by atoms with Crippen LogP contribution in [0.3, 0.4) is 0 Å². The average Bonchev–Trinajstić information content (AvgIpc) is 2.76. The molecule has 1 aliphatic rings. The van der Waals surface area contributed by atoms with Gasteiger partial charge in [-0.05, 0) is 42.5 Å². The van der Waals surface area contributed by atoms with E-state index >= 15 is 0 Å². The van der Waals surface area contributed by atoms with Crippen molar-refractivity contribution in [2.45, 2.75) is 11.3 Å². The Labute approximate surface area is 194 Å². The van der Waals surface area contributed by atoms with Crippen LogP contribution >= 0.6 is 27.5 Å². The number of rotatable bonds is 5. The van der Waals surface area contributed by atoms with E-state index in [0.717, 1.165) is 10.3 Å². The van der Waals surface area contributed by atoms with Crippen molar-refractivity contribution in [2.24, 2.45) is 7.05 Å². The number of hydrogen-bond donors (Lipinski definition) is 0. The molecule has 0 N–H and O–H groups in total. The second kappa shape index (κ2) is 8.99. The number of nitrogens with zero attached hydrogens (tertiary/aromatic N) is 4. The van der Waals surface area contributed by atoms with Gasteiger partial charge in [0.15, 0.2) is 0 Å². The zero-order chi connectivity index (χ0) is 22.2. The minimum absolute atomic E-state index is 0.0693. The third-order valence-electron chi connectivity index (χ3n) is 5.56. The Kier molecular flexibility index (Phi) is 6.50. The molecule has 2 aromatic carbocycles. The summed E-state index contributed by atoms with van der Waals surface area (Å²) < 4.78 is 29.6. The molecule has 1 aliphatic heterocycles. The van der Waals surface area contributed by atoms with Gasteiger partial charge in [0, 0.05) is 55.7 Å². The minimum atomic E-state index is -3.52. The highest BCUT2D eigenvalue weighted by atomic mass is 79.9. The Morgan fingerprint density at radius 1 is 1.06 bits per heavy atom. The second-order valence-corrected chi connectivity index (χ2v) is 10.8. The van der Waals surface area contributed by atoms with Crippen LogP contribution in [0.15, 0.2) is 56.6 Å². The maximum absolute atomic E-state index is 12.8. The molecule has 1 saturated heterocycles. The molecule has 4 rings (SSSR count). The van der Waals surface area contributed by atoms with Gasteiger partial charge in [-0.2, -0.15) is 4.31 Å². The fraction of sp³-hybridized carbons (Fsp3) is 0.333. The summed E-state index contributed by atoms with van der Waals surface area (Å²) in [6.07, 6.45) is 0.613. The van der Waals surface area contributed by atoms with E-state index in [4.69, 9.17) is 11.6 Å². The van der Waals surface area contributed by atoms with Crippen molar-refractivity contribution in [1.82, 2.24) is 18.8 Å². The molecular weight excluding hydrogens is 504 g/mol. The number of hydrogen-bond acceptors (Lipinski definition) is 5. The van der Waals surface area contributed by atoms with Gasteiger partial charge in [0.2, 0.25) is 10.0 Å². The molecule has 1 aromatic heterocycles. The number of aromatic nitrogens is 2. The highest BCUT2D eigenvalue weighted by Gasteiger charge is 2.28. The van der Waals surface area contributed by atoms with Crippen LogP contribution in [0.5, 0.6) is 0 Å². The number of benzene rings is 2. The molecule has 0 bridgehead atoms. The standard InChI is InChI=1S/C21H22BrClN4O3S/c1-25-20(24-19-7-2-15(22)14-18(19)21(25)28)8-9-26-10-12-27(13-11-26)31(29,30)17-5-3-16(23)4-6-17/h2-7,14H,8-13H2,1H3. The predicted molar refractivity (Wildman–Crippen MR) is 125 cm³/mol. The molecule has 7 nitrogen and oxygen atoms in total. The molecule has 0 amide bonds. The predicted octanol–water partition coefficient (Wildman–Crippen LogP) is 2.90. The maximum Gasteiger partial charge on any atom is 0.261 e. The quantitative estimate of drug-likeness (QED) is 0.512. The SMILES string of the molecule is Cn1c(CCN2CCN(S(=O)(=O)c3ccc(Cl)cc3)CC2)nc2ccc(Br)cc2c1=O. The first-order valence-corrected chi connectivity index (χ1v) is 12.5. The molecule has 10 heteroatoms. The summed E-state index contributed by atoms with van der Waals surface area (Å²) in [5.74, 6) is 0.719. The van der Waals surface area contributed by atoms with E-state index in [-0.39, 0.29) is 10.5 Å². The van der Waals surface area contributed by atoms with Gasteiger partial charge < -0.3 is 4.90 Å². The Morgan fingerprint density at radius 3 is 2.42 bits per heavy atom. The van der Waals surface area contributed by atoms with Crippen molar-refractivity contribution in [1.29, 1.82) is 0 Å². The molecule has 0 spiro atoms. The van der Waals surface area contributed by atoms with E-state index in [1.165, 1.54) is 16.4 Å². The van der Waals surface area contributed by atoms with Crippen molar-refractivity contribution in [3.8, 4) is 0 Å². The van der Waals surface area contributed by atoms with Gasteiger partial charge in [-0.25, -0.2) is 13.4 Å². The fourth-order valence-electron chi connectivity index (χ4n) is 3.72. The molecule has 1 fully saturated rings. The summed E-state index contributed by atoms with van der Waals surface area (Å²) in [4.78, 5) is 19.8. The first kappa shape index (κ1) is 22.4. The summed E-state index contributed by atoms with van der Waals surface area (Å²) in [6.45, 7) is 2.80. The van der Waals surface area contributed by atoms with E-state index in [9.17, 15) is 13.2 Å². The second-order valence-electron chi connectivity index (χ2n) is 7.50. The third kappa shape index (κ3) is 4.70. The molecule has 2 heterocycles. The van der Waals surface area contributed by atoms with E-state index in [1.807, 2.05) is 12.1 Å². The molecule has 0 saturated carbocycles.